The van der Waals surface area contributed by atoms with E-state index in [0.29, 0.717) is 43.1 Å². The molecule has 8 nitrogen and oxygen atoms in total. The number of rotatable bonds is 4. The van der Waals surface area contributed by atoms with Gasteiger partial charge < -0.3 is 9.80 Å². The summed E-state index contributed by atoms with van der Waals surface area (Å²) in [6.45, 7) is 4.75. The zero-order chi connectivity index (χ0) is 21.3. The molecule has 0 spiro atoms. The van der Waals surface area contributed by atoms with E-state index in [1.54, 1.807) is 18.3 Å². The van der Waals surface area contributed by atoms with Crippen LogP contribution in [0.2, 0.25) is 0 Å². The summed E-state index contributed by atoms with van der Waals surface area (Å²) in [6.07, 6.45) is 7.88. The fraction of sp³-hybridized carbons (Fsp3) is 0.524. The van der Waals surface area contributed by atoms with Crippen LogP contribution < -0.4 is 4.90 Å². The number of pyridine rings is 1. The predicted molar refractivity (Wildman–Crippen MR) is 113 cm³/mol. The molecule has 0 saturated carbocycles. The standard InChI is InChI=1S/C21H27N5O3S/c1-15-17(6-5-9-22-15)20(27)25-12-7-16(8-13-25)19-18(30(2,28)29)14-23-21(24-19)26-10-3-4-11-26/h5-6,9,14,16H,3-4,7-8,10-13H2,1-2H3. The maximum atomic E-state index is 12.9. The van der Waals surface area contributed by atoms with E-state index in [1.807, 2.05) is 11.8 Å². The number of nitrogens with zero attached hydrogens (tertiary/aromatic N) is 5. The van der Waals surface area contributed by atoms with Crippen molar-refractivity contribution in [3.05, 3.63) is 41.5 Å². The zero-order valence-corrected chi connectivity index (χ0v) is 18.2. The Bertz CT molecular complexity index is 1040. The van der Waals surface area contributed by atoms with Crippen LogP contribution in [0.3, 0.4) is 0 Å². The molecular formula is C21H27N5O3S. The van der Waals surface area contributed by atoms with Gasteiger partial charge in [-0.25, -0.2) is 18.4 Å². The van der Waals surface area contributed by atoms with Crippen LogP contribution in [0.4, 0.5) is 5.95 Å². The van der Waals surface area contributed by atoms with Crippen molar-refractivity contribution in [3.63, 3.8) is 0 Å². The molecule has 4 heterocycles. The van der Waals surface area contributed by atoms with Gasteiger partial charge in [-0.05, 0) is 44.7 Å². The fourth-order valence-electron chi connectivity index (χ4n) is 4.26. The highest BCUT2D eigenvalue weighted by Gasteiger charge is 2.30. The summed E-state index contributed by atoms with van der Waals surface area (Å²) in [5.74, 6) is 0.570. The summed E-state index contributed by atoms with van der Waals surface area (Å²) in [5, 5.41) is 0. The number of anilines is 1. The molecule has 160 valence electrons. The van der Waals surface area contributed by atoms with E-state index in [1.165, 1.54) is 12.5 Å². The summed E-state index contributed by atoms with van der Waals surface area (Å²) in [6, 6.07) is 3.57. The fourth-order valence-corrected chi connectivity index (χ4v) is 5.09. The lowest BCUT2D eigenvalue weighted by atomic mass is 9.92. The zero-order valence-electron chi connectivity index (χ0n) is 17.4. The summed E-state index contributed by atoms with van der Waals surface area (Å²) in [4.78, 5) is 30.3. The third-order valence-corrected chi connectivity index (χ3v) is 7.08. The monoisotopic (exact) mass is 429 g/mol. The number of aromatic nitrogens is 3. The second kappa shape index (κ2) is 8.29. The lowest BCUT2D eigenvalue weighted by Crippen LogP contribution is -2.38. The van der Waals surface area contributed by atoms with Crippen LogP contribution in [-0.2, 0) is 9.84 Å². The number of hydrogen-bond donors (Lipinski definition) is 0. The first-order valence-corrected chi connectivity index (χ1v) is 12.3. The molecule has 30 heavy (non-hydrogen) atoms. The number of sulfone groups is 1. The van der Waals surface area contributed by atoms with E-state index in [9.17, 15) is 13.2 Å². The van der Waals surface area contributed by atoms with Gasteiger partial charge in [0, 0.05) is 50.2 Å². The van der Waals surface area contributed by atoms with Crippen molar-refractivity contribution in [3.8, 4) is 0 Å². The topological polar surface area (TPSA) is 96.4 Å². The van der Waals surface area contributed by atoms with Gasteiger partial charge >= 0.3 is 0 Å². The third kappa shape index (κ3) is 4.16. The largest absolute Gasteiger partial charge is 0.341 e. The number of likely N-dealkylation sites (tertiary alicyclic amines) is 1. The minimum atomic E-state index is -3.43. The van der Waals surface area contributed by atoms with Gasteiger partial charge in [0.15, 0.2) is 9.84 Å². The Morgan fingerprint density at radius 3 is 2.43 bits per heavy atom. The summed E-state index contributed by atoms with van der Waals surface area (Å²) >= 11 is 0. The van der Waals surface area contributed by atoms with Crippen LogP contribution in [-0.4, -0.2) is 66.6 Å². The molecule has 2 aliphatic heterocycles. The Kier molecular flexibility index (Phi) is 5.73. The minimum Gasteiger partial charge on any atom is -0.341 e. The summed E-state index contributed by atoms with van der Waals surface area (Å²) in [5.41, 5.74) is 1.93. The predicted octanol–water partition coefficient (Wildman–Crippen LogP) is 2.20. The number of carbonyl (C=O) groups is 1. The second-order valence-corrected chi connectivity index (χ2v) is 10.1. The van der Waals surface area contributed by atoms with Crippen LogP contribution in [0, 0.1) is 6.92 Å². The lowest BCUT2D eigenvalue weighted by molar-refractivity contribution is 0.0710. The highest BCUT2D eigenvalue weighted by Crippen LogP contribution is 2.33. The van der Waals surface area contributed by atoms with Crippen molar-refractivity contribution in [1.29, 1.82) is 0 Å². The van der Waals surface area contributed by atoms with E-state index in [4.69, 9.17) is 4.98 Å². The number of hydrogen-bond acceptors (Lipinski definition) is 7. The molecular weight excluding hydrogens is 402 g/mol. The van der Waals surface area contributed by atoms with Crippen molar-refractivity contribution in [1.82, 2.24) is 19.9 Å². The molecule has 9 heteroatoms. The van der Waals surface area contributed by atoms with E-state index >= 15 is 0 Å². The normalized spacial score (nSPS) is 18.1. The average molecular weight is 430 g/mol. The first-order valence-electron chi connectivity index (χ1n) is 10.4. The Morgan fingerprint density at radius 1 is 1.10 bits per heavy atom. The van der Waals surface area contributed by atoms with Crippen molar-refractivity contribution < 1.29 is 13.2 Å². The van der Waals surface area contributed by atoms with E-state index < -0.39 is 9.84 Å². The lowest BCUT2D eigenvalue weighted by Gasteiger charge is -2.32. The Labute approximate surface area is 177 Å². The molecule has 2 aromatic heterocycles. The molecule has 0 aliphatic carbocycles. The van der Waals surface area contributed by atoms with Crippen LogP contribution in [0.5, 0.6) is 0 Å². The Balaban J connectivity index is 1.55. The molecule has 2 aliphatic rings. The molecule has 2 aromatic rings. The van der Waals surface area contributed by atoms with Crippen molar-refractivity contribution >= 4 is 21.7 Å². The van der Waals surface area contributed by atoms with Gasteiger partial charge in [0.1, 0.15) is 4.90 Å². The van der Waals surface area contributed by atoms with Crippen LogP contribution >= 0.6 is 0 Å². The number of amides is 1. The van der Waals surface area contributed by atoms with Gasteiger partial charge in [0.25, 0.3) is 5.91 Å². The molecule has 2 fully saturated rings. The molecule has 2 saturated heterocycles. The van der Waals surface area contributed by atoms with Gasteiger partial charge in [0.2, 0.25) is 5.95 Å². The van der Waals surface area contributed by atoms with Gasteiger partial charge in [-0.1, -0.05) is 0 Å². The SMILES string of the molecule is Cc1ncccc1C(=O)N1CCC(c2nc(N3CCCC3)ncc2S(C)(=O)=O)CC1. The average Bonchev–Trinajstić information content (AvgIpc) is 3.28. The molecule has 1 amide bonds. The van der Waals surface area contributed by atoms with Crippen molar-refractivity contribution in [2.45, 2.75) is 43.4 Å². The number of aryl methyl sites for hydroxylation is 1. The molecule has 0 radical (unpaired) electrons. The van der Waals surface area contributed by atoms with Crippen LogP contribution in [0.15, 0.2) is 29.4 Å². The summed E-state index contributed by atoms with van der Waals surface area (Å²) < 4.78 is 24.7. The van der Waals surface area contributed by atoms with Gasteiger partial charge in [-0.15, -0.1) is 0 Å². The Hall–Kier alpha value is -2.55. The highest BCUT2D eigenvalue weighted by molar-refractivity contribution is 7.90. The number of carbonyl (C=O) groups excluding carboxylic acids is 1. The summed E-state index contributed by atoms with van der Waals surface area (Å²) in [7, 11) is -3.43. The molecule has 0 unspecified atom stereocenters. The smallest absolute Gasteiger partial charge is 0.255 e. The van der Waals surface area contributed by atoms with E-state index in [0.717, 1.165) is 31.6 Å². The Morgan fingerprint density at radius 2 is 1.80 bits per heavy atom. The number of piperidine rings is 1. The maximum Gasteiger partial charge on any atom is 0.255 e. The van der Waals surface area contributed by atoms with Crippen molar-refractivity contribution in [2.24, 2.45) is 0 Å². The first kappa shape index (κ1) is 20.7. The van der Waals surface area contributed by atoms with Gasteiger partial charge in [0.05, 0.1) is 17.5 Å². The molecule has 0 atom stereocenters. The first-order chi connectivity index (χ1) is 14.3. The molecule has 4 rings (SSSR count). The van der Waals surface area contributed by atoms with Crippen LogP contribution in [0.1, 0.15) is 53.3 Å². The quantitative estimate of drug-likeness (QED) is 0.735. The van der Waals surface area contributed by atoms with E-state index in [2.05, 4.69) is 14.9 Å². The minimum absolute atomic E-state index is 0.0156. The van der Waals surface area contributed by atoms with Crippen molar-refractivity contribution in [2.75, 3.05) is 37.3 Å². The second-order valence-electron chi connectivity index (χ2n) is 8.09. The van der Waals surface area contributed by atoms with Crippen LogP contribution in [0.25, 0.3) is 0 Å². The van der Waals surface area contributed by atoms with Gasteiger partial charge in [-0.2, -0.15) is 0 Å². The molecule has 0 aromatic carbocycles. The van der Waals surface area contributed by atoms with E-state index in [-0.39, 0.29) is 16.7 Å². The highest BCUT2D eigenvalue weighted by atomic mass is 32.2. The maximum absolute atomic E-state index is 12.9. The third-order valence-electron chi connectivity index (χ3n) is 5.96. The van der Waals surface area contributed by atoms with Gasteiger partial charge in [-0.3, -0.25) is 9.78 Å². The molecule has 0 N–H and O–H groups in total. The molecule has 0 bridgehead atoms.